The lowest BCUT2D eigenvalue weighted by molar-refractivity contribution is -0.121. The highest BCUT2D eigenvalue weighted by Gasteiger charge is 2.14. The van der Waals surface area contributed by atoms with Gasteiger partial charge in [-0.05, 0) is 31.5 Å². The lowest BCUT2D eigenvalue weighted by atomic mass is 10.0. The van der Waals surface area contributed by atoms with Crippen LogP contribution in [0.25, 0.3) is 22.2 Å². The van der Waals surface area contributed by atoms with Crippen LogP contribution in [0.1, 0.15) is 11.4 Å². The summed E-state index contributed by atoms with van der Waals surface area (Å²) < 4.78 is 8.40. The van der Waals surface area contributed by atoms with E-state index in [0.717, 1.165) is 22.5 Å². The third kappa shape index (κ3) is 3.71. The second-order valence-electron chi connectivity index (χ2n) is 6.91. The van der Waals surface area contributed by atoms with Crippen molar-refractivity contribution < 1.29 is 9.21 Å². The van der Waals surface area contributed by atoms with Crippen molar-refractivity contribution in [2.75, 3.05) is 6.54 Å². The zero-order valence-corrected chi connectivity index (χ0v) is 16.4. The zero-order valence-electron chi connectivity index (χ0n) is 16.4. The van der Waals surface area contributed by atoms with Crippen molar-refractivity contribution in [3.63, 3.8) is 0 Å². The maximum absolute atomic E-state index is 12.3. The fourth-order valence-corrected chi connectivity index (χ4v) is 3.60. The first-order valence-electron chi connectivity index (χ1n) is 9.49. The van der Waals surface area contributed by atoms with Gasteiger partial charge in [-0.1, -0.05) is 42.5 Å². The number of aryl methyl sites for hydroxylation is 1. The van der Waals surface area contributed by atoms with E-state index in [1.54, 1.807) is 24.3 Å². The summed E-state index contributed by atoms with van der Waals surface area (Å²) in [4.78, 5) is 24.3. The molecule has 0 saturated carbocycles. The Labute approximate surface area is 167 Å². The second kappa shape index (κ2) is 7.79. The van der Waals surface area contributed by atoms with E-state index in [-0.39, 0.29) is 12.5 Å². The number of carbonyl (C=O) groups is 1. The van der Waals surface area contributed by atoms with Gasteiger partial charge >= 0.3 is 5.76 Å². The number of oxazole rings is 1. The number of hydrogen-bond donors (Lipinski definition) is 1. The fourth-order valence-electron chi connectivity index (χ4n) is 3.60. The lowest BCUT2D eigenvalue weighted by Crippen LogP contribution is -2.33. The SMILES string of the molecule is Cc1nn(CCNC(=O)Cn2c(=O)oc3ccccc32)c(C)c1-c1ccccc1. The quantitative estimate of drug-likeness (QED) is 0.549. The Hall–Kier alpha value is -3.61. The molecule has 2 heterocycles. The largest absolute Gasteiger partial charge is 0.420 e. The molecule has 1 amide bonds. The average Bonchev–Trinajstić information content (AvgIpc) is 3.18. The molecule has 7 nitrogen and oxygen atoms in total. The molecule has 4 aromatic rings. The van der Waals surface area contributed by atoms with Crippen molar-refractivity contribution in [2.45, 2.75) is 26.9 Å². The molecule has 0 aliphatic carbocycles. The number of hydrogen-bond acceptors (Lipinski definition) is 4. The Morgan fingerprint density at radius 2 is 1.79 bits per heavy atom. The Bertz CT molecular complexity index is 1220. The van der Waals surface area contributed by atoms with Crippen molar-refractivity contribution in [2.24, 2.45) is 0 Å². The summed E-state index contributed by atoms with van der Waals surface area (Å²) in [6, 6.07) is 17.2. The number of rotatable bonds is 6. The summed E-state index contributed by atoms with van der Waals surface area (Å²) in [7, 11) is 0. The van der Waals surface area contributed by atoms with Gasteiger partial charge in [-0.25, -0.2) is 4.79 Å². The highest BCUT2D eigenvalue weighted by molar-refractivity contribution is 5.79. The third-order valence-electron chi connectivity index (χ3n) is 4.97. The minimum atomic E-state index is -0.535. The number of nitrogens with one attached hydrogen (secondary N) is 1. The average molecular weight is 390 g/mol. The molecule has 0 fully saturated rings. The molecule has 1 N–H and O–H groups in total. The molecule has 4 rings (SSSR count). The molecule has 148 valence electrons. The van der Waals surface area contributed by atoms with Gasteiger partial charge in [-0.2, -0.15) is 5.10 Å². The monoisotopic (exact) mass is 390 g/mol. The lowest BCUT2D eigenvalue weighted by Gasteiger charge is -2.08. The van der Waals surface area contributed by atoms with E-state index in [2.05, 4.69) is 22.5 Å². The first-order valence-corrected chi connectivity index (χ1v) is 9.49. The minimum absolute atomic E-state index is 0.0811. The summed E-state index contributed by atoms with van der Waals surface area (Å²) in [5, 5.41) is 7.47. The van der Waals surface area contributed by atoms with E-state index in [0.29, 0.717) is 24.2 Å². The predicted octanol–water partition coefficient (Wildman–Crippen LogP) is 2.89. The molecule has 0 atom stereocenters. The predicted molar refractivity (Wildman–Crippen MR) is 111 cm³/mol. The van der Waals surface area contributed by atoms with Crippen LogP contribution in [0, 0.1) is 13.8 Å². The Kier molecular flexibility index (Phi) is 5.03. The molecule has 0 saturated heterocycles. The highest BCUT2D eigenvalue weighted by atomic mass is 16.4. The summed E-state index contributed by atoms with van der Waals surface area (Å²) >= 11 is 0. The number of fused-ring (bicyclic) bond motifs is 1. The summed E-state index contributed by atoms with van der Waals surface area (Å²) in [6.45, 7) is 4.90. The van der Waals surface area contributed by atoms with Crippen molar-refractivity contribution in [1.29, 1.82) is 0 Å². The van der Waals surface area contributed by atoms with Gasteiger partial charge in [0.25, 0.3) is 0 Å². The van der Waals surface area contributed by atoms with Crippen molar-refractivity contribution in [3.05, 3.63) is 76.5 Å². The fraction of sp³-hybridized carbons (Fsp3) is 0.227. The number of amides is 1. The van der Waals surface area contributed by atoms with Crippen LogP contribution in [0.4, 0.5) is 0 Å². The van der Waals surface area contributed by atoms with Crippen molar-refractivity contribution in [3.8, 4) is 11.1 Å². The van der Waals surface area contributed by atoms with Crippen LogP contribution in [0.15, 0.2) is 63.8 Å². The number of nitrogens with zero attached hydrogens (tertiary/aromatic N) is 3. The van der Waals surface area contributed by atoms with Crippen LogP contribution >= 0.6 is 0 Å². The number of benzene rings is 2. The summed E-state index contributed by atoms with van der Waals surface area (Å²) in [6.07, 6.45) is 0. The van der Waals surface area contributed by atoms with E-state index in [4.69, 9.17) is 4.42 Å². The third-order valence-corrected chi connectivity index (χ3v) is 4.97. The minimum Gasteiger partial charge on any atom is -0.408 e. The molecular weight excluding hydrogens is 368 g/mol. The van der Waals surface area contributed by atoms with E-state index >= 15 is 0 Å². The molecule has 0 radical (unpaired) electrons. The van der Waals surface area contributed by atoms with Crippen LogP contribution in [0.5, 0.6) is 0 Å². The van der Waals surface area contributed by atoms with Gasteiger partial charge in [0.05, 0.1) is 17.8 Å². The second-order valence-corrected chi connectivity index (χ2v) is 6.91. The Morgan fingerprint density at radius 3 is 2.59 bits per heavy atom. The van der Waals surface area contributed by atoms with Gasteiger partial charge in [0.1, 0.15) is 6.54 Å². The summed E-state index contributed by atoms with van der Waals surface area (Å²) in [5.74, 6) is -0.782. The molecule has 0 unspecified atom stereocenters. The van der Waals surface area contributed by atoms with Crippen LogP contribution in [-0.2, 0) is 17.9 Å². The van der Waals surface area contributed by atoms with Crippen molar-refractivity contribution in [1.82, 2.24) is 19.7 Å². The molecule has 0 spiro atoms. The van der Waals surface area contributed by atoms with Gasteiger partial charge in [-0.15, -0.1) is 0 Å². The zero-order chi connectivity index (χ0) is 20.4. The highest BCUT2D eigenvalue weighted by Crippen LogP contribution is 2.26. The van der Waals surface area contributed by atoms with E-state index in [1.165, 1.54) is 4.57 Å². The number of para-hydroxylation sites is 2. The van der Waals surface area contributed by atoms with Gasteiger partial charge in [0, 0.05) is 17.8 Å². The maximum Gasteiger partial charge on any atom is 0.420 e. The molecule has 29 heavy (non-hydrogen) atoms. The molecule has 0 aliphatic rings. The molecule has 7 heteroatoms. The van der Waals surface area contributed by atoms with Gasteiger partial charge < -0.3 is 9.73 Å². The first-order chi connectivity index (χ1) is 14.0. The first kappa shape index (κ1) is 18.7. The van der Waals surface area contributed by atoms with Gasteiger partial charge in [0.2, 0.25) is 5.91 Å². The van der Waals surface area contributed by atoms with E-state index in [1.807, 2.05) is 36.7 Å². The number of carbonyl (C=O) groups excluding carboxylic acids is 1. The summed E-state index contributed by atoms with van der Waals surface area (Å²) in [5.41, 5.74) is 5.34. The molecule has 0 bridgehead atoms. The standard InChI is InChI=1S/C22H22N4O3/c1-15-21(17-8-4-3-5-9-17)16(2)26(24-15)13-12-23-20(27)14-25-18-10-6-7-11-19(18)29-22(25)28/h3-11H,12-14H2,1-2H3,(H,23,27). The maximum atomic E-state index is 12.3. The normalized spacial score (nSPS) is 11.1. The van der Waals surface area contributed by atoms with Crippen molar-refractivity contribution >= 4 is 17.0 Å². The Balaban J connectivity index is 1.41. The Morgan fingerprint density at radius 1 is 1.07 bits per heavy atom. The number of aromatic nitrogens is 3. The molecule has 0 aliphatic heterocycles. The van der Waals surface area contributed by atoms with E-state index < -0.39 is 5.76 Å². The van der Waals surface area contributed by atoms with Crippen LogP contribution in [-0.4, -0.2) is 26.8 Å². The smallest absolute Gasteiger partial charge is 0.408 e. The van der Waals surface area contributed by atoms with Gasteiger partial charge in [0.15, 0.2) is 5.58 Å². The van der Waals surface area contributed by atoms with Crippen LogP contribution in [0.3, 0.4) is 0 Å². The van der Waals surface area contributed by atoms with Crippen LogP contribution < -0.4 is 11.1 Å². The van der Waals surface area contributed by atoms with E-state index in [9.17, 15) is 9.59 Å². The molecule has 2 aromatic heterocycles. The molecule has 2 aromatic carbocycles. The van der Waals surface area contributed by atoms with Gasteiger partial charge in [-0.3, -0.25) is 14.0 Å². The molecular formula is C22H22N4O3. The topological polar surface area (TPSA) is 82.1 Å². The van der Waals surface area contributed by atoms with Crippen LogP contribution in [0.2, 0.25) is 0 Å².